The van der Waals surface area contributed by atoms with Crippen molar-refractivity contribution in [3.63, 3.8) is 0 Å². The normalized spacial score (nSPS) is 29.6. The van der Waals surface area contributed by atoms with E-state index in [1.165, 1.54) is 35.4 Å². The zero-order chi connectivity index (χ0) is 25.1. The summed E-state index contributed by atoms with van der Waals surface area (Å²) in [4.78, 5) is 21.5. The number of aliphatic hydroxyl groups is 1. The Morgan fingerprint density at radius 3 is 2.83 bits per heavy atom. The van der Waals surface area contributed by atoms with Crippen LogP contribution in [0.5, 0.6) is 0 Å². The van der Waals surface area contributed by atoms with Crippen LogP contribution in [0.3, 0.4) is 0 Å². The first-order valence-electron chi connectivity index (χ1n) is 12.0. The highest BCUT2D eigenvalue weighted by atomic mass is 32.2. The predicted octanol–water partition coefficient (Wildman–Crippen LogP) is 4.43. The maximum absolute atomic E-state index is 14.0. The van der Waals surface area contributed by atoms with Gasteiger partial charge < -0.3 is 14.7 Å². The lowest BCUT2D eigenvalue weighted by molar-refractivity contribution is -0.134. The number of aliphatic hydroxyl groups excluding tert-OH is 1. The SMILES string of the molecule is CC1CC2CC1C1C(O)=C(C3=Nc4scc(CNS(C)=O)c4SN3)C(=O)N(Cc3ccc(F)cc3)C21. The molecule has 3 N–H and O–H groups in total. The Balaban J connectivity index is 1.37. The van der Waals surface area contributed by atoms with Gasteiger partial charge >= 0.3 is 0 Å². The summed E-state index contributed by atoms with van der Waals surface area (Å²) in [7, 11) is -1.12. The fourth-order valence-corrected chi connectivity index (χ4v) is 8.68. The standard InChI is InChI=1S/C25H27FN4O3S3/c1-12-7-14-8-17(12)18-20(14)30(10-13-3-5-16(26)6-4-13)25(32)19(21(18)31)23-28-24-22(35-29-23)15(11-34-24)9-27-36(2)33/h3-6,11-12,14,17-18,20,27,31H,7-10H2,1-2H3,(H,28,29). The van der Waals surface area contributed by atoms with Gasteiger partial charge in [0.05, 0.1) is 15.9 Å². The van der Waals surface area contributed by atoms with Gasteiger partial charge in [0, 0.05) is 31.3 Å². The molecule has 1 aromatic heterocycles. The van der Waals surface area contributed by atoms with Gasteiger partial charge in [-0.2, -0.15) is 0 Å². The van der Waals surface area contributed by atoms with E-state index in [1.54, 1.807) is 18.4 Å². The molecule has 2 aliphatic heterocycles. The molecule has 2 saturated carbocycles. The molecular formula is C25H27FN4O3S3. The number of carbonyl (C=O) groups excluding carboxylic acids is 1. The minimum absolute atomic E-state index is 0.0609. The molecule has 4 aliphatic rings. The van der Waals surface area contributed by atoms with Crippen molar-refractivity contribution in [2.75, 3.05) is 6.26 Å². The Kier molecular flexibility index (Phi) is 6.22. The van der Waals surface area contributed by atoms with Gasteiger partial charge in [-0.3, -0.25) is 4.79 Å². The van der Waals surface area contributed by atoms with Crippen molar-refractivity contribution < 1.29 is 18.5 Å². The van der Waals surface area contributed by atoms with E-state index in [2.05, 4.69) is 16.4 Å². The summed E-state index contributed by atoms with van der Waals surface area (Å²) in [6.07, 6.45) is 3.64. The summed E-state index contributed by atoms with van der Waals surface area (Å²) >= 11 is 2.82. The largest absolute Gasteiger partial charge is 0.511 e. The molecule has 36 heavy (non-hydrogen) atoms. The number of carbonyl (C=O) groups is 1. The highest BCUT2D eigenvalue weighted by Crippen LogP contribution is 2.58. The first-order chi connectivity index (χ1) is 17.3. The topological polar surface area (TPSA) is 94.0 Å². The van der Waals surface area contributed by atoms with E-state index in [9.17, 15) is 18.5 Å². The van der Waals surface area contributed by atoms with E-state index in [4.69, 9.17) is 4.99 Å². The molecule has 7 nitrogen and oxygen atoms in total. The molecule has 1 amide bonds. The Labute approximate surface area is 220 Å². The van der Waals surface area contributed by atoms with Gasteiger partial charge in [0.25, 0.3) is 5.91 Å². The zero-order valence-electron chi connectivity index (χ0n) is 19.9. The molecule has 6 unspecified atom stereocenters. The summed E-state index contributed by atoms with van der Waals surface area (Å²) in [6, 6.07) is 6.21. The van der Waals surface area contributed by atoms with E-state index in [0.29, 0.717) is 36.7 Å². The Bertz CT molecular complexity index is 1310. The number of amides is 1. The number of nitrogens with zero attached hydrogens (tertiary/aromatic N) is 2. The number of fused-ring (bicyclic) bond motifs is 6. The monoisotopic (exact) mass is 546 g/mol. The van der Waals surface area contributed by atoms with Crippen LogP contribution in [0.1, 0.15) is 30.9 Å². The maximum atomic E-state index is 14.0. The molecule has 2 aromatic rings. The number of halogens is 1. The summed E-state index contributed by atoms with van der Waals surface area (Å²) in [5, 5.41) is 14.3. The van der Waals surface area contributed by atoms with E-state index >= 15 is 0 Å². The fraction of sp³-hybridized carbons (Fsp3) is 0.440. The van der Waals surface area contributed by atoms with E-state index in [1.807, 2.05) is 10.3 Å². The summed E-state index contributed by atoms with van der Waals surface area (Å²) < 4.78 is 31.1. The van der Waals surface area contributed by atoms with Gasteiger partial charge in [-0.05, 0) is 71.2 Å². The smallest absolute Gasteiger partial charge is 0.261 e. The number of rotatable bonds is 6. The van der Waals surface area contributed by atoms with Gasteiger partial charge in [-0.25, -0.2) is 18.3 Å². The van der Waals surface area contributed by atoms with Gasteiger partial charge in [0.15, 0.2) is 5.84 Å². The van der Waals surface area contributed by atoms with Gasteiger partial charge in [0.2, 0.25) is 0 Å². The van der Waals surface area contributed by atoms with Crippen LogP contribution in [0, 0.1) is 29.5 Å². The van der Waals surface area contributed by atoms with E-state index in [0.717, 1.165) is 33.9 Å². The van der Waals surface area contributed by atoms with Crippen LogP contribution in [0.15, 0.2) is 50.9 Å². The van der Waals surface area contributed by atoms with Crippen molar-refractivity contribution in [3.8, 4) is 0 Å². The quantitative estimate of drug-likeness (QED) is 0.466. The first-order valence-corrected chi connectivity index (χ1v) is 15.2. The molecule has 2 fully saturated rings. The molecule has 11 heteroatoms. The summed E-state index contributed by atoms with van der Waals surface area (Å²) in [6.45, 7) is 3.05. The van der Waals surface area contributed by atoms with Crippen molar-refractivity contribution >= 4 is 51.0 Å². The molecular weight excluding hydrogens is 519 g/mol. The molecule has 1 aromatic carbocycles. The molecule has 2 aliphatic carbocycles. The molecule has 0 radical (unpaired) electrons. The van der Waals surface area contributed by atoms with E-state index in [-0.39, 0.29) is 35.0 Å². The fourth-order valence-electron chi connectivity index (χ4n) is 6.40. The van der Waals surface area contributed by atoms with Crippen LogP contribution in [-0.2, 0) is 28.9 Å². The zero-order valence-corrected chi connectivity index (χ0v) is 22.3. The summed E-state index contributed by atoms with van der Waals surface area (Å²) in [5.41, 5.74) is 2.08. The first kappa shape index (κ1) is 24.1. The molecule has 2 bridgehead atoms. The average molecular weight is 547 g/mol. The molecule has 0 spiro atoms. The van der Waals surface area contributed by atoms with Crippen LogP contribution < -0.4 is 9.44 Å². The van der Waals surface area contributed by atoms with Crippen molar-refractivity contribution in [1.82, 2.24) is 14.3 Å². The second kappa shape index (κ2) is 9.27. The number of amidine groups is 1. The minimum Gasteiger partial charge on any atom is -0.511 e. The van der Waals surface area contributed by atoms with Crippen molar-refractivity contribution in [2.24, 2.45) is 28.7 Å². The number of hydrogen-bond acceptors (Lipinski definition) is 7. The summed E-state index contributed by atoms with van der Waals surface area (Å²) in [5.74, 6) is 1.00. The van der Waals surface area contributed by atoms with Crippen LogP contribution in [0.25, 0.3) is 0 Å². The molecule has 6 rings (SSSR count). The molecule has 3 heterocycles. The van der Waals surface area contributed by atoms with Gasteiger partial charge in [-0.1, -0.05) is 19.1 Å². The van der Waals surface area contributed by atoms with Gasteiger partial charge in [-0.15, -0.1) is 11.3 Å². The predicted molar refractivity (Wildman–Crippen MR) is 141 cm³/mol. The maximum Gasteiger partial charge on any atom is 0.261 e. The molecule has 0 saturated heterocycles. The Morgan fingerprint density at radius 2 is 2.08 bits per heavy atom. The third kappa shape index (κ3) is 4.00. The third-order valence-electron chi connectivity index (χ3n) is 7.93. The third-order valence-corrected chi connectivity index (χ3v) is 10.5. The number of aliphatic imine (C=N–C) groups is 1. The van der Waals surface area contributed by atoms with Crippen LogP contribution in [0.2, 0.25) is 0 Å². The van der Waals surface area contributed by atoms with Crippen molar-refractivity contribution in [3.05, 3.63) is 57.9 Å². The van der Waals surface area contributed by atoms with Crippen molar-refractivity contribution in [2.45, 2.75) is 43.8 Å². The molecule has 6 atom stereocenters. The van der Waals surface area contributed by atoms with E-state index < -0.39 is 11.0 Å². The Hall–Kier alpha value is -2.21. The lowest BCUT2D eigenvalue weighted by Crippen LogP contribution is -2.54. The highest BCUT2D eigenvalue weighted by Gasteiger charge is 2.59. The van der Waals surface area contributed by atoms with Crippen LogP contribution in [-0.4, -0.2) is 38.3 Å². The number of benzene rings is 1. The second-order valence-electron chi connectivity index (χ2n) is 10.0. The highest BCUT2D eigenvalue weighted by molar-refractivity contribution is 7.98. The number of nitrogens with one attached hydrogen (secondary N) is 2. The minimum atomic E-state index is -1.12. The Morgan fingerprint density at radius 1 is 1.31 bits per heavy atom. The number of hydrogen-bond donors (Lipinski definition) is 3. The number of thiophene rings is 1. The lowest BCUT2D eigenvalue weighted by Gasteiger charge is -2.45. The van der Waals surface area contributed by atoms with Gasteiger partial charge in [0.1, 0.15) is 22.2 Å². The van der Waals surface area contributed by atoms with Crippen LogP contribution in [0.4, 0.5) is 9.39 Å². The second-order valence-corrected chi connectivity index (χ2v) is 12.9. The van der Waals surface area contributed by atoms with Crippen molar-refractivity contribution in [1.29, 1.82) is 0 Å². The van der Waals surface area contributed by atoms with Crippen LogP contribution >= 0.6 is 23.3 Å². The average Bonchev–Trinajstić information content (AvgIpc) is 3.54. The molecule has 190 valence electrons. The lowest BCUT2D eigenvalue weighted by atomic mass is 9.73.